The van der Waals surface area contributed by atoms with Crippen LogP contribution in [0.3, 0.4) is 0 Å². The van der Waals surface area contributed by atoms with Crippen molar-refractivity contribution in [3.8, 4) is 10.6 Å². The number of aliphatic hydroxyl groups excluding tert-OH is 1. The quantitative estimate of drug-likeness (QED) is 0.771. The summed E-state index contributed by atoms with van der Waals surface area (Å²) in [6.07, 6.45) is 2.35. The van der Waals surface area contributed by atoms with E-state index in [9.17, 15) is 0 Å². The van der Waals surface area contributed by atoms with Crippen molar-refractivity contribution in [2.45, 2.75) is 6.42 Å². The highest BCUT2D eigenvalue weighted by atomic mass is 32.1. The van der Waals surface area contributed by atoms with Crippen LogP contribution in [-0.2, 0) is 6.42 Å². The predicted octanol–water partition coefficient (Wildman–Crippen LogP) is 3.09. The minimum absolute atomic E-state index is 0.134. The Morgan fingerprint density at radius 2 is 2.18 bits per heavy atom. The predicted molar refractivity (Wildman–Crippen MR) is 68.1 cm³/mol. The lowest BCUT2D eigenvalue weighted by Gasteiger charge is -1.92. The van der Waals surface area contributed by atoms with Crippen LogP contribution in [0.2, 0.25) is 0 Å². The number of rotatable bonds is 3. The lowest BCUT2D eigenvalue weighted by Crippen LogP contribution is -1.89. The van der Waals surface area contributed by atoms with E-state index < -0.39 is 0 Å². The first-order chi connectivity index (χ1) is 8.38. The Labute approximate surface area is 102 Å². The fourth-order valence-corrected chi connectivity index (χ4v) is 2.68. The molecule has 0 unspecified atom stereocenters. The van der Waals surface area contributed by atoms with Crippen LogP contribution >= 0.6 is 11.3 Å². The topological polar surface area (TPSA) is 46.3 Å². The fraction of sp³-hybridized carbons (Fsp3) is 0.154. The third kappa shape index (κ3) is 1.85. The molecule has 0 spiro atoms. The van der Waals surface area contributed by atoms with Crippen molar-refractivity contribution in [1.29, 1.82) is 0 Å². The van der Waals surface area contributed by atoms with E-state index in [0.29, 0.717) is 6.42 Å². The molecule has 2 aromatic heterocycles. The molecule has 4 heteroatoms. The van der Waals surface area contributed by atoms with E-state index in [4.69, 9.17) is 9.52 Å². The molecule has 3 nitrogen and oxygen atoms in total. The number of aromatic nitrogens is 1. The average Bonchev–Trinajstić information content (AvgIpc) is 2.95. The first kappa shape index (κ1) is 10.5. The van der Waals surface area contributed by atoms with Gasteiger partial charge in [0.05, 0.1) is 11.3 Å². The van der Waals surface area contributed by atoms with Gasteiger partial charge < -0.3 is 9.52 Å². The molecular formula is C13H11NO2S. The van der Waals surface area contributed by atoms with E-state index in [1.807, 2.05) is 29.6 Å². The van der Waals surface area contributed by atoms with Gasteiger partial charge in [0.2, 0.25) is 0 Å². The number of para-hydroxylation sites is 1. The van der Waals surface area contributed by atoms with Crippen LogP contribution in [0.25, 0.3) is 21.5 Å². The Morgan fingerprint density at radius 3 is 3.06 bits per heavy atom. The van der Waals surface area contributed by atoms with Crippen molar-refractivity contribution in [2.24, 2.45) is 0 Å². The Kier molecular flexibility index (Phi) is 2.66. The zero-order chi connectivity index (χ0) is 11.7. The number of fused-ring (bicyclic) bond motifs is 1. The number of hydrogen-bond acceptors (Lipinski definition) is 4. The van der Waals surface area contributed by atoms with Gasteiger partial charge in [-0.15, -0.1) is 11.3 Å². The third-order valence-electron chi connectivity index (χ3n) is 2.63. The molecule has 1 N–H and O–H groups in total. The second kappa shape index (κ2) is 4.31. The molecule has 3 rings (SSSR count). The standard InChI is InChI=1S/C13H11NO2S/c15-6-5-9-8-17-13(14-9)11-7-16-12-4-2-1-3-10(11)12/h1-4,7-8,15H,5-6H2. The van der Waals surface area contributed by atoms with Crippen molar-refractivity contribution in [3.63, 3.8) is 0 Å². The summed E-state index contributed by atoms with van der Waals surface area (Å²) in [5.41, 5.74) is 2.83. The van der Waals surface area contributed by atoms with E-state index in [-0.39, 0.29) is 6.61 Å². The summed E-state index contributed by atoms with van der Waals surface area (Å²) in [5.74, 6) is 0. The highest BCUT2D eigenvalue weighted by Crippen LogP contribution is 2.32. The molecule has 0 bridgehead atoms. The van der Waals surface area contributed by atoms with Crippen LogP contribution in [0.4, 0.5) is 0 Å². The number of furan rings is 1. The summed E-state index contributed by atoms with van der Waals surface area (Å²) >= 11 is 1.58. The maximum absolute atomic E-state index is 8.88. The minimum Gasteiger partial charge on any atom is -0.464 e. The molecule has 3 aromatic rings. The Morgan fingerprint density at radius 1 is 1.29 bits per heavy atom. The first-order valence-electron chi connectivity index (χ1n) is 5.40. The van der Waals surface area contributed by atoms with Gasteiger partial charge in [0.25, 0.3) is 0 Å². The molecule has 0 atom stereocenters. The average molecular weight is 245 g/mol. The van der Waals surface area contributed by atoms with E-state index in [0.717, 1.165) is 27.2 Å². The largest absolute Gasteiger partial charge is 0.464 e. The molecule has 1 aromatic carbocycles. The van der Waals surface area contributed by atoms with Crippen molar-refractivity contribution >= 4 is 22.3 Å². The van der Waals surface area contributed by atoms with Gasteiger partial charge in [-0.3, -0.25) is 0 Å². The Hall–Kier alpha value is -1.65. The number of aliphatic hydroxyl groups is 1. The second-order valence-electron chi connectivity index (χ2n) is 3.76. The third-order valence-corrected chi connectivity index (χ3v) is 3.56. The van der Waals surface area contributed by atoms with Gasteiger partial charge in [0.15, 0.2) is 0 Å². The molecule has 2 heterocycles. The van der Waals surface area contributed by atoms with Crippen LogP contribution in [0.15, 0.2) is 40.3 Å². The molecule has 0 fully saturated rings. The van der Waals surface area contributed by atoms with Gasteiger partial charge in [0, 0.05) is 23.8 Å². The van der Waals surface area contributed by atoms with Crippen LogP contribution in [-0.4, -0.2) is 16.7 Å². The zero-order valence-electron chi connectivity index (χ0n) is 9.09. The van der Waals surface area contributed by atoms with Gasteiger partial charge in [-0.1, -0.05) is 18.2 Å². The number of thiazole rings is 1. The molecule has 0 amide bonds. The van der Waals surface area contributed by atoms with Crippen molar-refractivity contribution < 1.29 is 9.52 Å². The van der Waals surface area contributed by atoms with Gasteiger partial charge >= 0.3 is 0 Å². The van der Waals surface area contributed by atoms with Gasteiger partial charge in [-0.25, -0.2) is 4.98 Å². The molecule has 0 saturated carbocycles. The van der Waals surface area contributed by atoms with E-state index >= 15 is 0 Å². The van der Waals surface area contributed by atoms with E-state index in [1.54, 1.807) is 17.6 Å². The highest BCUT2D eigenvalue weighted by molar-refractivity contribution is 7.13. The summed E-state index contributed by atoms with van der Waals surface area (Å²) in [6, 6.07) is 7.92. The molecule has 17 heavy (non-hydrogen) atoms. The van der Waals surface area contributed by atoms with Crippen molar-refractivity contribution in [3.05, 3.63) is 41.6 Å². The minimum atomic E-state index is 0.134. The van der Waals surface area contributed by atoms with Crippen molar-refractivity contribution in [1.82, 2.24) is 4.98 Å². The number of hydrogen-bond donors (Lipinski definition) is 1. The van der Waals surface area contributed by atoms with Crippen LogP contribution < -0.4 is 0 Å². The molecule has 0 aliphatic rings. The van der Waals surface area contributed by atoms with Crippen molar-refractivity contribution in [2.75, 3.05) is 6.61 Å². The molecule has 0 saturated heterocycles. The summed E-state index contributed by atoms with van der Waals surface area (Å²) in [4.78, 5) is 4.49. The van der Waals surface area contributed by atoms with Crippen LogP contribution in [0.5, 0.6) is 0 Å². The summed E-state index contributed by atoms with van der Waals surface area (Å²) in [6.45, 7) is 0.134. The monoisotopic (exact) mass is 245 g/mol. The molecule has 86 valence electrons. The maximum atomic E-state index is 8.88. The molecule has 0 aliphatic carbocycles. The van der Waals surface area contributed by atoms with Crippen LogP contribution in [0, 0.1) is 0 Å². The lowest BCUT2D eigenvalue weighted by atomic mass is 10.2. The Balaban J connectivity index is 2.07. The highest BCUT2D eigenvalue weighted by Gasteiger charge is 2.11. The summed E-state index contributed by atoms with van der Waals surface area (Å²) in [7, 11) is 0. The summed E-state index contributed by atoms with van der Waals surface area (Å²) < 4.78 is 5.49. The van der Waals surface area contributed by atoms with E-state index in [1.165, 1.54) is 0 Å². The van der Waals surface area contributed by atoms with Crippen LogP contribution in [0.1, 0.15) is 5.69 Å². The van der Waals surface area contributed by atoms with Gasteiger partial charge in [-0.2, -0.15) is 0 Å². The summed E-state index contributed by atoms with van der Waals surface area (Å²) in [5, 5.41) is 12.9. The second-order valence-corrected chi connectivity index (χ2v) is 4.62. The lowest BCUT2D eigenvalue weighted by molar-refractivity contribution is 0.298. The maximum Gasteiger partial charge on any atom is 0.134 e. The SMILES string of the molecule is OCCc1csc(-c2coc3ccccc23)n1. The molecule has 0 aliphatic heterocycles. The van der Waals surface area contributed by atoms with Gasteiger partial charge in [0.1, 0.15) is 16.9 Å². The first-order valence-corrected chi connectivity index (χ1v) is 6.28. The molecule has 0 radical (unpaired) electrons. The molecular weight excluding hydrogens is 234 g/mol. The van der Waals surface area contributed by atoms with Gasteiger partial charge in [-0.05, 0) is 6.07 Å². The normalized spacial score (nSPS) is 11.1. The zero-order valence-corrected chi connectivity index (χ0v) is 9.91. The number of nitrogens with zero attached hydrogens (tertiary/aromatic N) is 1. The Bertz CT molecular complexity index is 641. The fourth-order valence-electron chi connectivity index (χ4n) is 1.80. The van der Waals surface area contributed by atoms with E-state index in [2.05, 4.69) is 4.98 Å². The smallest absolute Gasteiger partial charge is 0.134 e. The number of benzene rings is 1.